The summed E-state index contributed by atoms with van der Waals surface area (Å²) in [4.78, 5) is 26.6. The van der Waals surface area contributed by atoms with Crippen molar-refractivity contribution in [2.24, 2.45) is 58.2 Å². The SMILES string of the molecule is CC[C@H]1[C@@H](O[Si](C)(C)C)C2[C@@H]3CC[C@H]([C@H](C)C[C@H](C)C(=O)N4CCOC4=O)C3(C)CC[C@@H]2C2(C)CC[C@@H](OCOCCOC)C[C@@H]12. The molecule has 46 heavy (non-hydrogen) atoms. The first-order valence-electron chi connectivity index (χ1n) is 18.6. The molecule has 0 aromatic rings. The fourth-order valence-corrected chi connectivity index (χ4v) is 12.8. The van der Waals surface area contributed by atoms with Gasteiger partial charge in [-0.25, -0.2) is 9.69 Å². The summed E-state index contributed by atoms with van der Waals surface area (Å²) in [5.41, 5.74) is 0.552. The monoisotopic (exact) mass is 663 g/mol. The van der Waals surface area contributed by atoms with E-state index in [9.17, 15) is 9.59 Å². The molecule has 8 nitrogen and oxygen atoms in total. The lowest BCUT2D eigenvalue weighted by atomic mass is 9.41. The molecule has 4 aliphatic carbocycles. The van der Waals surface area contributed by atoms with Crippen LogP contribution in [-0.2, 0) is 28.2 Å². The van der Waals surface area contributed by atoms with E-state index in [0.717, 1.165) is 25.7 Å². The van der Waals surface area contributed by atoms with Gasteiger partial charge >= 0.3 is 6.09 Å². The minimum Gasteiger partial charge on any atom is -0.447 e. The summed E-state index contributed by atoms with van der Waals surface area (Å²) < 4.78 is 29.6. The van der Waals surface area contributed by atoms with E-state index in [0.29, 0.717) is 86.1 Å². The number of cyclic esters (lactones) is 1. The molecule has 264 valence electrons. The molecule has 2 amide bonds. The molecule has 0 N–H and O–H groups in total. The van der Waals surface area contributed by atoms with Crippen molar-refractivity contribution in [3.8, 4) is 0 Å². The first kappa shape index (κ1) is 36.3. The molecule has 9 heteroatoms. The quantitative estimate of drug-likeness (QED) is 0.113. The molecule has 4 saturated carbocycles. The highest BCUT2D eigenvalue weighted by Gasteiger charge is 2.65. The van der Waals surface area contributed by atoms with Crippen LogP contribution in [0.3, 0.4) is 0 Å². The number of imide groups is 1. The molecule has 1 saturated heterocycles. The Morgan fingerprint density at radius 1 is 1.02 bits per heavy atom. The second-order valence-corrected chi connectivity index (χ2v) is 21.7. The smallest absolute Gasteiger partial charge is 0.416 e. The Labute approximate surface area is 280 Å². The summed E-state index contributed by atoms with van der Waals surface area (Å²) in [6, 6.07) is 0. The van der Waals surface area contributed by atoms with Crippen LogP contribution < -0.4 is 0 Å². The molecule has 0 bridgehead atoms. The van der Waals surface area contributed by atoms with Crippen LogP contribution >= 0.6 is 0 Å². The summed E-state index contributed by atoms with van der Waals surface area (Å²) >= 11 is 0. The Morgan fingerprint density at radius 3 is 2.39 bits per heavy atom. The maximum absolute atomic E-state index is 13.2. The van der Waals surface area contributed by atoms with Crippen LogP contribution in [0.5, 0.6) is 0 Å². The van der Waals surface area contributed by atoms with Crippen molar-refractivity contribution >= 4 is 20.3 Å². The van der Waals surface area contributed by atoms with E-state index in [4.69, 9.17) is 23.4 Å². The maximum atomic E-state index is 13.2. The van der Waals surface area contributed by atoms with Gasteiger partial charge in [-0.05, 0) is 123 Å². The van der Waals surface area contributed by atoms with Gasteiger partial charge in [-0.3, -0.25) is 4.79 Å². The summed E-state index contributed by atoms with van der Waals surface area (Å²) in [6.07, 6.45) is 10.5. The van der Waals surface area contributed by atoms with Crippen LogP contribution in [0.4, 0.5) is 4.79 Å². The van der Waals surface area contributed by atoms with Crippen LogP contribution in [0, 0.1) is 58.2 Å². The van der Waals surface area contributed by atoms with Crippen LogP contribution in [-0.4, -0.2) is 77.7 Å². The number of nitrogens with zero attached hydrogens (tertiary/aromatic N) is 1. The molecule has 0 aromatic carbocycles. The molecule has 5 rings (SSSR count). The number of fused-ring (bicyclic) bond motifs is 5. The molecule has 0 radical (unpaired) electrons. The number of methoxy groups -OCH3 is 1. The van der Waals surface area contributed by atoms with Crippen molar-refractivity contribution < 1.29 is 33.0 Å². The van der Waals surface area contributed by atoms with Crippen molar-refractivity contribution in [1.29, 1.82) is 0 Å². The first-order valence-corrected chi connectivity index (χ1v) is 22.0. The van der Waals surface area contributed by atoms with E-state index >= 15 is 0 Å². The topological polar surface area (TPSA) is 83.5 Å². The minimum absolute atomic E-state index is 0.0699. The number of hydrogen-bond donors (Lipinski definition) is 0. The molecule has 1 heterocycles. The van der Waals surface area contributed by atoms with Crippen molar-refractivity contribution in [3.05, 3.63) is 0 Å². The maximum Gasteiger partial charge on any atom is 0.416 e. The highest BCUT2D eigenvalue weighted by molar-refractivity contribution is 6.69. The van der Waals surface area contributed by atoms with Crippen LogP contribution in [0.2, 0.25) is 19.6 Å². The van der Waals surface area contributed by atoms with Gasteiger partial charge in [0.1, 0.15) is 13.4 Å². The largest absolute Gasteiger partial charge is 0.447 e. The zero-order chi connectivity index (χ0) is 33.4. The molecule has 0 spiro atoms. The molecule has 3 unspecified atom stereocenters. The molecule has 5 fully saturated rings. The second-order valence-electron chi connectivity index (χ2n) is 17.2. The lowest BCUT2D eigenvalue weighted by Gasteiger charge is -2.66. The third kappa shape index (κ3) is 7.01. The molecular weight excluding hydrogens is 598 g/mol. The second kappa shape index (κ2) is 14.5. The third-order valence-corrected chi connectivity index (χ3v) is 14.6. The zero-order valence-corrected chi connectivity index (χ0v) is 31.5. The average molecular weight is 664 g/mol. The van der Waals surface area contributed by atoms with Gasteiger partial charge in [0.2, 0.25) is 5.91 Å². The van der Waals surface area contributed by atoms with Gasteiger partial charge in [-0.15, -0.1) is 0 Å². The Balaban J connectivity index is 1.35. The zero-order valence-electron chi connectivity index (χ0n) is 30.5. The predicted octanol–water partition coefficient (Wildman–Crippen LogP) is 7.76. The van der Waals surface area contributed by atoms with E-state index in [1.165, 1.54) is 37.0 Å². The summed E-state index contributed by atoms with van der Waals surface area (Å²) in [5.74, 6) is 3.81. The number of carbonyl (C=O) groups is 2. The number of amides is 2. The Bertz CT molecular complexity index is 1070. The van der Waals surface area contributed by atoms with Crippen molar-refractivity contribution in [1.82, 2.24) is 4.90 Å². The van der Waals surface area contributed by atoms with Gasteiger partial charge in [0, 0.05) is 13.0 Å². The fraction of sp³-hybridized carbons (Fsp3) is 0.946. The van der Waals surface area contributed by atoms with Crippen molar-refractivity contribution in [2.45, 2.75) is 124 Å². The van der Waals surface area contributed by atoms with Gasteiger partial charge in [0.05, 0.1) is 32.0 Å². The van der Waals surface area contributed by atoms with E-state index in [1.54, 1.807) is 7.11 Å². The molecule has 5 aliphatic rings. The standard InChI is InChI=1S/C37H65NO7Si/c1-10-27-31-22-26(44-23-42-20-19-41-6)13-15-37(31,5)30-14-16-36(4)28(11-12-29(36)32(30)33(27)45-46(7,8)9)24(2)21-25(3)34(39)38-17-18-43-35(38)40/h24-33H,10-23H2,1-9H3/t24-,25+,26-,27-,28-,29+,30+,31+,32?,33-,36?,37?/m1/s1. The van der Waals surface area contributed by atoms with Gasteiger partial charge in [-0.1, -0.05) is 41.0 Å². The van der Waals surface area contributed by atoms with Gasteiger partial charge in [-0.2, -0.15) is 0 Å². The van der Waals surface area contributed by atoms with E-state index in [1.807, 2.05) is 6.92 Å². The average Bonchev–Trinajstić information content (AvgIpc) is 3.58. The first-order chi connectivity index (χ1) is 21.7. The van der Waals surface area contributed by atoms with Crippen LogP contribution in [0.15, 0.2) is 0 Å². The Morgan fingerprint density at radius 2 is 1.74 bits per heavy atom. The third-order valence-electron chi connectivity index (χ3n) is 13.6. The Hall–Kier alpha value is -1.00. The summed E-state index contributed by atoms with van der Waals surface area (Å²) in [5, 5.41) is 0. The van der Waals surface area contributed by atoms with Gasteiger partial charge in [0.15, 0.2) is 8.32 Å². The normalized spacial score (nSPS) is 40.5. The highest BCUT2D eigenvalue weighted by atomic mass is 28.4. The minimum atomic E-state index is -1.81. The lowest BCUT2D eigenvalue weighted by Crippen LogP contribution is -2.64. The molecule has 0 aromatic heterocycles. The van der Waals surface area contributed by atoms with Crippen LogP contribution in [0.25, 0.3) is 0 Å². The van der Waals surface area contributed by atoms with E-state index in [-0.39, 0.29) is 23.3 Å². The number of ether oxygens (including phenoxy) is 4. The highest BCUT2D eigenvalue weighted by Crippen LogP contribution is 2.70. The number of hydrogen-bond acceptors (Lipinski definition) is 7. The lowest BCUT2D eigenvalue weighted by molar-refractivity contribution is -0.209. The number of carbonyl (C=O) groups excluding carboxylic acids is 2. The fourth-order valence-electron chi connectivity index (χ4n) is 11.6. The molecular formula is C37H65NO7Si. The van der Waals surface area contributed by atoms with Gasteiger partial charge in [0.25, 0.3) is 0 Å². The van der Waals surface area contributed by atoms with Crippen LogP contribution in [0.1, 0.15) is 92.4 Å². The summed E-state index contributed by atoms with van der Waals surface area (Å²) in [6.45, 7) is 21.4. The summed E-state index contributed by atoms with van der Waals surface area (Å²) in [7, 11) is -0.114. The van der Waals surface area contributed by atoms with Crippen molar-refractivity contribution in [3.63, 3.8) is 0 Å². The molecule has 1 aliphatic heterocycles. The molecule has 12 atom stereocenters. The van der Waals surface area contributed by atoms with Crippen molar-refractivity contribution in [2.75, 3.05) is 40.3 Å². The predicted molar refractivity (Wildman–Crippen MR) is 182 cm³/mol. The number of rotatable bonds is 13. The van der Waals surface area contributed by atoms with E-state index < -0.39 is 14.4 Å². The van der Waals surface area contributed by atoms with Gasteiger partial charge < -0.3 is 23.4 Å². The Kier molecular flexibility index (Phi) is 11.4. The van der Waals surface area contributed by atoms with E-state index in [2.05, 4.69) is 47.3 Å².